The first-order valence-electron chi connectivity index (χ1n) is 6.41. The van der Waals surface area contributed by atoms with Gasteiger partial charge in [-0.05, 0) is 43.4 Å². The predicted octanol–water partition coefficient (Wildman–Crippen LogP) is 3.62. The molecule has 17 heavy (non-hydrogen) atoms. The fourth-order valence-electron chi connectivity index (χ4n) is 2.02. The number of rotatable bonds is 6. The van der Waals surface area contributed by atoms with Crippen LogP contribution in [0.2, 0.25) is 0 Å². The predicted molar refractivity (Wildman–Crippen MR) is 75.7 cm³/mol. The molecule has 92 valence electrons. The van der Waals surface area contributed by atoms with Crippen LogP contribution in [0.5, 0.6) is 0 Å². The average molecular weight is 248 g/mol. The Kier molecular flexibility index (Phi) is 4.51. The maximum Gasteiger partial charge on any atom is 0.0843 e. The van der Waals surface area contributed by atoms with E-state index in [2.05, 4.69) is 47.8 Å². The normalized spacial score (nSPS) is 13.1. The molecule has 3 heteroatoms. The molecular formula is C14H20N2S. The van der Waals surface area contributed by atoms with Crippen molar-refractivity contribution in [2.45, 2.75) is 39.2 Å². The van der Waals surface area contributed by atoms with Crippen LogP contribution in [-0.4, -0.2) is 17.0 Å². The summed E-state index contributed by atoms with van der Waals surface area (Å²) < 4.78 is 4.50. The second-order valence-electron chi connectivity index (χ2n) is 4.39. The van der Waals surface area contributed by atoms with Crippen LogP contribution in [0.25, 0.3) is 10.9 Å². The van der Waals surface area contributed by atoms with Crippen molar-refractivity contribution in [3.05, 3.63) is 29.1 Å². The van der Waals surface area contributed by atoms with E-state index in [0.29, 0.717) is 6.04 Å². The van der Waals surface area contributed by atoms with Crippen molar-refractivity contribution in [3.8, 4) is 0 Å². The molecule has 1 unspecified atom stereocenters. The standard InChI is InChI=1S/C14H20N2S/c1-3-9-15-11(4-2)10-14-12-7-5-6-8-13(12)16-17-14/h5-8,11,15H,3-4,9-10H2,1-2H3. The number of fused-ring (bicyclic) bond motifs is 1. The van der Waals surface area contributed by atoms with Crippen LogP contribution in [0.4, 0.5) is 0 Å². The third-order valence-corrected chi connectivity index (χ3v) is 3.96. The van der Waals surface area contributed by atoms with Crippen molar-refractivity contribution in [3.63, 3.8) is 0 Å². The summed E-state index contributed by atoms with van der Waals surface area (Å²) in [7, 11) is 0. The summed E-state index contributed by atoms with van der Waals surface area (Å²) in [6.45, 7) is 5.56. The molecule has 1 atom stereocenters. The molecule has 2 nitrogen and oxygen atoms in total. The summed E-state index contributed by atoms with van der Waals surface area (Å²) in [5, 5.41) is 4.93. The Morgan fingerprint density at radius 1 is 1.29 bits per heavy atom. The topological polar surface area (TPSA) is 24.9 Å². The Morgan fingerprint density at radius 2 is 2.12 bits per heavy atom. The quantitative estimate of drug-likeness (QED) is 0.844. The van der Waals surface area contributed by atoms with Crippen LogP contribution >= 0.6 is 11.5 Å². The Labute approximate surface area is 107 Å². The number of benzene rings is 1. The Balaban J connectivity index is 2.11. The lowest BCUT2D eigenvalue weighted by Crippen LogP contribution is -2.30. The van der Waals surface area contributed by atoms with Crippen molar-refractivity contribution < 1.29 is 0 Å². The van der Waals surface area contributed by atoms with Gasteiger partial charge >= 0.3 is 0 Å². The molecule has 1 aromatic carbocycles. The minimum Gasteiger partial charge on any atom is -0.314 e. The lowest BCUT2D eigenvalue weighted by Gasteiger charge is -2.15. The Hall–Kier alpha value is -0.930. The molecule has 0 aliphatic heterocycles. The number of aromatic nitrogens is 1. The summed E-state index contributed by atoms with van der Waals surface area (Å²) in [6.07, 6.45) is 3.47. The number of nitrogens with one attached hydrogen (secondary N) is 1. The van der Waals surface area contributed by atoms with Gasteiger partial charge in [0.1, 0.15) is 0 Å². The van der Waals surface area contributed by atoms with Crippen molar-refractivity contribution in [1.82, 2.24) is 9.69 Å². The van der Waals surface area contributed by atoms with Gasteiger partial charge in [0.2, 0.25) is 0 Å². The summed E-state index contributed by atoms with van der Waals surface area (Å²) >= 11 is 1.65. The van der Waals surface area contributed by atoms with Crippen molar-refractivity contribution in [2.24, 2.45) is 0 Å². The van der Waals surface area contributed by atoms with Gasteiger partial charge in [-0.15, -0.1) is 0 Å². The molecule has 0 saturated heterocycles. The van der Waals surface area contributed by atoms with E-state index in [9.17, 15) is 0 Å². The molecule has 0 radical (unpaired) electrons. The summed E-state index contributed by atoms with van der Waals surface area (Å²) in [5.74, 6) is 0. The second kappa shape index (κ2) is 6.12. The Bertz CT molecular complexity index is 464. The molecule has 1 N–H and O–H groups in total. The highest BCUT2D eigenvalue weighted by atomic mass is 32.1. The maximum atomic E-state index is 4.50. The SMILES string of the molecule is CCCNC(CC)Cc1snc2ccccc12. The van der Waals surface area contributed by atoms with Crippen LogP contribution in [0, 0.1) is 0 Å². The molecule has 0 fully saturated rings. The van der Waals surface area contributed by atoms with Gasteiger partial charge in [-0.2, -0.15) is 4.37 Å². The maximum absolute atomic E-state index is 4.50. The molecule has 0 aliphatic rings. The fourth-order valence-corrected chi connectivity index (χ4v) is 2.94. The zero-order valence-corrected chi connectivity index (χ0v) is 11.4. The molecule has 0 bridgehead atoms. The highest BCUT2D eigenvalue weighted by Gasteiger charge is 2.11. The average Bonchev–Trinajstić information content (AvgIpc) is 2.78. The van der Waals surface area contributed by atoms with E-state index in [-0.39, 0.29) is 0 Å². The van der Waals surface area contributed by atoms with Gasteiger partial charge in [0.05, 0.1) is 5.52 Å². The van der Waals surface area contributed by atoms with Gasteiger partial charge < -0.3 is 5.32 Å². The van der Waals surface area contributed by atoms with Crippen LogP contribution in [0.15, 0.2) is 24.3 Å². The third kappa shape index (κ3) is 3.05. The van der Waals surface area contributed by atoms with Crippen LogP contribution in [0.1, 0.15) is 31.6 Å². The van der Waals surface area contributed by atoms with Crippen molar-refractivity contribution >= 4 is 22.4 Å². The van der Waals surface area contributed by atoms with E-state index >= 15 is 0 Å². The minimum atomic E-state index is 0.582. The number of nitrogens with zero attached hydrogens (tertiary/aromatic N) is 1. The molecule has 0 saturated carbocycles. The van der Waals surface area contributed by atoms with Crippen LogP contribution in [0.3, 0.4) is 0 Å². The smallest absolute Gasteiger partial charge is 0.0843 e. The summed E-state index contributed by atoms with van der Waals surface area (Å²) in [6, 6.07) is 9.01. The van der Waals surface area contributed by atoms with Crippen molar-refractivity contribution in [2.75, 3.05) is 6.54 Å². The van der Waals surface area contributed by atoms with Crippen LogP contribution in [-0.2, 0) is 6.42 Å². The van der Waals surface area contributed by atoms with Gasteiger partial charge in [-0.25, -0.2) is 0 Å². The molecule has 0 aliphatic carbocycles. The number of hydrogen-bond acceptors (Lipinski definition) is 3. The van der Waals surface area contributed by atoms with E-state index in [1.54, 1.807) is 11.5 Å². The second-order valence-corrected chi connectivity index (χ2v) is 5.24. The van der Waals surface area contributed by atoms with Crippen LogP contribution < -0.4 is 5.32 Å². The zero-order chi connectivity index (χ0) is 12.1. The first kappa shape index (κ1) is 12.5. The van der Waals surface area contributed by atoms with E-state index in [0.717, 1.165) is 18.5 Å². The third-order valence-electron chi connectivity index (χ3n) is 3.07. The van der Waals surface area contributed by atoms with E-state index in [1.165, 1.54) is 23.1 Å². The Morgan fingerprint density at radius 3 is 2.88 bits per heavy atom. The van der Waals surface area contributed by atoms with Crippen molar-refractivity contribution in [1.29, 1.82) is 0 Å². The fraction of sp³-hybridized carbons (Fsp3) is 0.500. The van der Waals surface area contributed by atoms with Gasteiger partial charge in [-0.3, -0.25) is 0 Å². The zero-order valence-electron chi connectivity index (χ0n) is 10.6. The molecule has 0 spiro atoms. The molecule has 1 aromatic heterocycles. The molecule has 2 rings (SSSR count). The van der Waals surface area contributed by atoms with Gasteiger partial charge in [0.15, 0.2) is 0 Å². The van der Waals surface area contributed by atoms with Gasteiger partial charge in [0, 0.05) is 16.3 Å². The van der Waals surface area contributed by atoms with E-state index in [4.69, 9.17) is 0 Å². The highest BCUT2D eigenvalue weighted by molar-refractivity contribution is 7.07. The first-order chi connectivity index (χ1) is 8.35. The lowest BCUT2D eigenvalue weighted by atomic mass is 10.1. The minimum absolute atomic E-state index is 0.582. The molecule has 2 aromatic rings. The van der Waals surface area contributed by atoms with Gasteiger partial charge in [-0.1, -0.05) is 32.0 Å². The summed E-state index contributed by atoms with van der Waals surface area (Å²) in [4.78, 5) is 1.41. The molecule has 0 amide bonds. The monoisotopic (exact) mass is 248 g/mol. The molecule has 1 heterocycles. The van der Waals surface area contributed by atoms with E-state index in [1.807, 2.05) is 0 Å². The van der Waals surface area contributed by atoms with Gasteiger partial charge in [0.25, 0.3) is 0 Å². The number of hydrogen-bond donors (Lipinski definition) is 1. The highest BCUT2D eigenvalue weighted by Crippen LogP contribution is 2.23. The largest absolute Gasteiger partial charge is 0.314 e. The lowest BCUT2D eigenvalue weighted by molar-refractivity contribution is 0.498. The summed E-state index contributed by atoms with van der Waals surface area (Å²) in [5.41, 5.74) is 1.14. The first-order valence-corrected chi connectivity index (χ1v) is 7.19. The molecular weight excluding hydrogens is 228 g/mol. The van der Waals surface area contributed by atoms with E-state index < -0.39 is 0 Å².